The van der Waals surface area contributed by atoms with Crippen LogP contribution in [0, 0.1) is 5.92 Å². The summed E-state index contributed by atoms with van der Waals surface area (Å²) in [6.45, 7) is 1.85. The van der Waals surface area contributed by atoms with Crippen molar-refractivity contribution in [2.75, 3.05) is 0 Å². The number of hydrogen-bond acceptors (Lipinski definition) is 2. The second-order valence-electron chi connectivity index (χ2n) is 3.12. The number of hydrogen-bond donors (Lipinski definition) is 1. The fourth-order valence-electron chi connectivity index (χ4n) is 1.48. The Kier molecular flexibility index (Phi) is 1.87. The molecule has 1 aliphatic rings. The van der Waals surface area contributed by atoms with Crippen molar-refractivity contribution in [2.45, 2.75) is 6.92 Å². The maximum Gasteiger partial charge on any atom is 0.313 e. The van der Waals surface area contributed by atoms with Gasteiger partial charge >= 0.3 is 5.71 Å². The lowest BCUT2D eigenvalue weighted by atomic mass is 9.92. The van der Waals surface area contributed by atoms with E-state index >= 15 is 0 Å². The molecule has 5 nitrogen and oxygen atoms in total. The lowest BCUT2D eigenvalue weighted by Gasteiger charge is -2.08. The minimum absolute atomic E-state index is 0.0715. The second-order valence-corrected chi connectivity index (χ2v) is 3.12. The largest absolute Gasteiger partial charge is 0.361 e. The van der Waals surface area contributed by atoms with Gasteiger partial charge in [0.1, 0.15) is 0 Å². The third-order valence-corrected chi connectivity index (χ3v) is 2.22. The van der Waals surface area contributed by atoms with E-state index in [1.165, 1.54) is 6.33 Å². The van der Waals surface area contributed by atoms with E-state index < -0.39 is 0 Å². The molecule has 1 aromatic heterocycles. The molecule has 0 amide bonds. The normalized spacial score (nSPS) is 18.9. The summed E-state index contributed by atoms with van der Waals surface area (Å²) in [7, 11) is 0. The monoisotopic (exact) mass is 188 g/mol. The van der Waals surface area contributed by atoms with Crippen molar-refractivity contribution in [3.05, 3.63) is 39.5 Å². The zero-order valence-electron chi connectivity index (χ0n) is 7.56. The van der Waals surface area contributed by atoms with Gasteiger partial charge in [-0.2, -0.15) is 4.79 Å². The Bertz CT molecular complexity index is 508. The highest BCUT2D eigenvalue weighted by Crippen LogP contribution is 2.16. The molecule has 1 N–H and O–H groups in total. The molecule has 0 fully saturated rings. The molecule has 0 radical (unpaired) electrons. The van der Waals surface area contributed by atoms with Gasteiger partial charge in [0.25, 0.3) is 5.56 Å². The molecule has 0 aromatic carbocycles. The van der Waals surface area contributed by atoms with Crippen LogP contribution in [0.25, 0.3) is 11.6 Å². The Morgan fingerprint density at radius 3 is 3.14 bits per heavy atom. The molecule has 1 aliphatic carbocycles. The SMILES string of the molecule is CC1C=Cc2nc[nH]c(=O)c2C1=[N+]=[N-]. The highest BCUT2D eigenvalue weighted by molar-refractivity contribution is 6.03. The summed E-state index contributed by atoms with van der Waals surface area (Å²) in [6.07, 6.45) is 4.92. The van der Waals surface area contributed by atoms with Gasteiger partial charge in [-0.05, 0) is 13.0 Å². The zero-order chi connectivity index (χ0) is 10.1. The van der Waals surface area contributed by atoms with Crippen LogP contribution in [0.2, 0.25) is 0 Å². The first-order valence-corrected chi connectivity index (χ1v) is 4.22. The van der Waals surface area contributed by atoms with Gasteiger partial charge in [-0.3, -0.25) is 4.79 Å². The Hall–Kier alpha value is -2.00. The van der Waals surface area contributed by atoms with Crippen LogP contribution in [-0.4, -0.2) is 20.5 Å². The molecule has 0 saturated carbocycles. The van der Waals surface area contributed by atoms with E-state index in [9.17, 15) is 4.79 Å². The summed E-state index contributed by atoms with van der Waals surface area (Å²) in [6, 6.07) is 0. The molecule has 14 heavy (non-hydrogen) atoms. The minimum atomic E-state index is -0.279. The molecule has 2 rings (SSSR count). The first kappa shape index (κ1) is 8.59. The van der Waals surface area contributed by atoms with E-state index in [1.807, 2.05) is 13.0 Å². The van der Waals surface area contributed by atoms with Crippen LogP contribution in [0.5, 0.6) is 0 Å². The van der Waals surface area contributed by atoms with E-state index in [-0.39, 0.29) is 11.5 Å². The number of allylic oxidation sites excluding steroid dienone is 1. The fraction of sp³-hybridized carbons (Fsp3) is 0.222. The molecule has 1 unspecified atom stereocenters. The Balaban J connectivity index is 2.82. The number of H-pyrrole nitrogens is 1. The number of nitrogens with one attached hydrogen (secondary N) is 1. The highest BCUT2D eigenvalue weighted by atomic mass is 16.1. The lowest BCUT2D eigenvalue weighted by Crippen LogP contribution is -2.27. The molecule has 0 saturated heterocycles. The van der Waals surface area contributed by atoms with Crippen molar-refractivity contribution in [1.82, 2.24) is 9.97 Å². The summed E-state index contributed by atoms with van der Waals surface area (Å²) in [5, 5.41) is 0. The van der Waals surface area contributed by atoms with Crippen molar-refractivity contribution in [3.63, 3.8) is 0 Å². The molecule has 1 aromatic rings. The summed E-state index contributed by atoms with van der Waals surface area (Å²) in [5.41, 5.74) is 9.78. The zero-order valence-corrected chi connectivity index (χ0v) is 7.56. The molecular weight excluding hydrogens is 180 g/mol. The van der Waals surface area contributed by atoms with E-state index in [4.69, 9.17) is 5.53 Å². The number of aromatic amines is 1. The predicted octanol–water partition coefficient (Wildman–Crippen LogP) is 0.452. The smallest absolute Gasteiger partial charge is 0.313 e. The summed E-state index contributed by atoms with van der Waals surface area (Å²) < 4.78 is 0. The maximum absolute atomic E-state index is 11.5. The minimum Gasteiger partial charge on any atom is -0.361 e. The predicted molar refractivity (Wildman–Crippen MR) is 50.8 cm³/mol. The van der Waals surface area contributed by atoms with E-state index in [2.05, 4.69) is 14.8 Å². The van der Waals surface area contributed by atoms with Crippen LogP contribution in [-0.2, 0) is 0 Å². The quantitative estimate of drug-likeness (QED) is 0.473. The summed E-state index contributed by atoms with van der Waals surface area (Å²) >= 11 is 0. The van der Waals surface area contributed by atoms with Crippen molar-refractivity contribution in [3.8, 4) is 0 Å². The Morgan fingerprint density at radius 1 is 1.64 bits per heavy atom. The molecule has 70 valence electrons. The van der Waals surface area contributed by atoms with Crippen LogP contribution >= 0.6 is 0 Å². The molecular formula is C9H8N4O. The molecule has 0 bridgehead atoms. The van der Waals surface area contributed by atoms with Gasteiger partial charge in [0.05, 0.1) is 17.9 Å². The van der Waals surface area contributed by atoms with Gasteiger partial charge in [-0.15, -0.1) is 0 Å². The molecule has 1 atom stereocenters. The van der Waals surface area contributed by atoms with E-state index in [0.29, 0.717) is 17.0 Å². The molecule has 0 spiro atoms. The lowest BCUT2D eigenvalue weighted by molar-refractivity contribution is -0.00945. The van der Waals surface area contributed by atoms with Gasteiger partial charge in [-0.25, -0.2) is 4.98 Å². The highest BCUT2D eigenvalue weighted by Gasteiger charge is 2.28. The van der Waals surface area contributed by atoms with Crippen LogP contribution in [0.4, 0.5) is 0 Å². The standard InChI is InChI=1S/C9H8N4O/c1-5-2-3-6-7(8(5)13-10)9(14)12-4-11-6/h2-5H,1H3,(H,11,12,14). The average Bonchev–Trinajstić information content (AvgIpc) is 2.19. The van der Waals surface area contributed by atoms with Crippen LogP contribution in [0.3, 0.4) is 0 Å². The van der Waals surface area contributed by atoms with Gasteiger partial charge < -0.3 is 10.5 Å². The van der Waals surface area contributed by atoms with Crippen molar-refractivity contribution in [1.29, 1.82) is 0 Å². The number of rotatable bonds is 0. The van der Waals surface area contributed by atoms with Gasteiger partial charge in [0, 0.05) is 0 Å². The maximum atomic E-state index is 11.5. The number of fused-ring (bicyclic) bond motifs is 1. The topological polar surface area (TPSA) is 82.2 Å². The third kappa shape index (κ3) is 1.11. The average molecular weight is 188 g/mol. The van der Waals surface area contributed by atoms with Crippen LogP contribution in [0.15, 0.2) is 17.2 Å². The molecule has 5 heteroatoms. The Labute approximate surface area is 79.7 Å². The van der Waals surface area contributed by atoms with Gasteiger partial charge in [-0.1, -0.05) is 6.08 Å². The van der Waals surface area contributed by atoms with Crippen molar-refractivity contribution < 1.29 is 4.79 Å². The molecule has 0 aliphatic heterocycles. The van der Waals surface area contributed by atoms with Gasteiger partial charge in [0.2, 0.25) is 0 Å². The van der Waals surface area contributed by atoms with Crippen LogP contribution in [0.1, 0.15) is 18.2 Å². The van der Waals surface area contributed by atoms with E-state index in [1.54, 1.807) is 6.08 Å². The number of aromatic nitrogens is 2. The third-order valence-electron chi connectivity index (χ3n) is 2.22. The first-order valence-electron chi connectivity index (χ1n) is 4.22. The van der Waals surface area contributed by atoms with Crippen molar-refractivity contribution in [2.24, 2.45) is 5.92 Å². The summed E-state index contributed by atoms with van der Waals surface area (Å²) in [5.74, 6) is -0.0715. The second kappa shape index (κ2) is 3.05. The Morgan fingerprint density at radius 2 is 2.43 bits per heavy atom. The first-order chi connectivity index (χ1) is 6.74. The fourth-order valence-corrected chi connectivity index (χ4v) is 1.48. The number of nitrogens with zero attached hydrogens (tertiary/aromatic N) is 3. The van der Waals surface area contributed by atoms with Crippen LogP contribution < -0.4 is 5.56 Å². The summed E-state index contributed by atoms with van der Waals surface area (Å²) in [4.78, 5) is 21.0. The van der Waals surface area contributed by atoms with E-state index in [0.717, 1.165) is 0 Å². The van der Waals surface area contributed by atoms with Gasteiger partial charge in [0.15, 0.2) is 5.56 Å². The van der Waals surface area contributed by atoms with Crippen molar-refractivity contribution >= 4 is 11.8 Å². The molecule has 1 heterocycles.